The highest BCUT2D eigenvalue weighted by Gasteiger charge is 2.20. The van der Waals surface area contributed by atoms with Crippen molar-refractivity contribution in [2.45, 2.75) is 39.7 Å². The van der Waals surface area contributed by atoms with Crippen LogP contribution in [0.25, 0.3) is 0 Å². The number of thiazole rings is 1. The number of piperidine rings is 1. The largest absolute Gasteiger partial charge is 0.356 e. The summed E-state index contributed by atoms with van der Waals surface area (Å²) in [6, 6.07) is 0. The van der Waals surface area contributed by atoms with Crippen LogP contribution in [0.2, 0.25) is 0 Å². The first-order chi connectivity index (χ1) is 10.7. The van der Waals surface area contributed by atoms with Gasteiger partial charge in [-0.1, -0.05) is 6.92 Å². The molecule has 0 aromatic carbocycles. The van der Waals surface area contributed by atoms with Gasteiger partial charge < -0.3 is 10.6 Å². The second kappa shape index (κ2) is 9.10. The summed E-state index contributed by atoms with van der Waals surface area (Å²) >= 11 is 1.75. The molecule has 2 heterocycles. The van der Waals surface area contributed by atoms with E-state index >= 15 is 0 Å². The van der Waals surface area contributed by atoms with Crippen molar-refractivity contribution < 1.29 is 0 Å². The Morgan fingerprint density at radius 1 is 1.41 bits per heavy atom. The van der Waals surface area contributed by atoms with Crippen molar-refractivity contribution in [1.82, 2.24) is 20.5 Å². The summed E-state index contributed by atoms with van der Waals surface area (Å²) in [6.07, 6.45) is 3.62. The third-order valence-corrected chi connectivity index (χ3v) is 4.91. The fourth-order valence-electron chi connectivity index (χ4n) is 2.76. The quantitative estimate of drug-likeness (QED) is 0.623. The van der Waals surface area contributed by atoms with Gasteiger partial charge in [-0.05, 0) is 45.2 Å². The Labute approximate surface area is 138 Å². The maximum atomic E-state index is 4.56. The highest BCUT2D eigenvalue weighted by molar-refractivity contribution is 7.09. The van der Waals surface area contributed by atoms with Crippen molar-refractivity contribution >= 4 is 17.3 Å². The lowest BCUT2D eigenvalue weighted by Gasteiger charge is -2.31. The minimum Gasteiger partial charge on any atom is -0.356 e. The monoisotopic (exact) mass is 323 g/mol. The van der Waals surface area contributed by atoms with Crippen LogP contribution in [-0.2, 0) is 6.54 Å². The molecule has 0 bridgehead atoms. The van der Waals surface area contributed by atoms with E-state index in [2.05, 4.69) is 44.7 Å². The number of rotatable bonds is 6. The summed E-state index contributed by atoms with van der Waals surface area (Å²) in [5.74, 6) is 1.68. The van der Waals surface area contributed by atoms with Gasteiger partial charge >= 0.3 is 0 Å². The molecule has 0 aliphatic carbocycles. The number of nitrogens with zero attached hydrogens (tertiary/aromatic N) is 3. The molecule has 0 saturated carbocycles. The number of likely N-dealkylation sites (tertiary alicyclic amines) is 1. The van der Waals surface area contributed by atoms with Gasteiger partial charge in [0.05, 0.1) is 10.7 Å². The third-order valence-electron chi connectivity index (χ3n) is 4.08. The van der Waals surface area contributed by atoms with E-state index in [1.165, 1.54) is 36.6 Å². The average molecular weight is 324 g/mol. The van der Waals surface area contributed by atoms with E-state index in [1.54, 1.807) is 11.3 Å². The number of hydrogen-bond acceptors (Lipinski definition) is 4. The molecule has 124 valence electrons. The Morgan fingerprint density at radius 3 is 2.77 bits per heavy atom. The Balaban J connectivity index is 1.66. The number of guanidine groups is 1. The second-order valence-corrected chi connectivity index (χ2v) is 7.02. The molecule has 22 heavy (non-hydrogen) atoms. The molecule has 0 spiro atoms. The van der Waals surface area contributed by atoms with Gasteiger partial charge in [0.1, 0.15) is 0 Å². The van der Waals surface area contributed by atoms with Gasteiger partial charge in [-0.3, -0.25) is 9.89 Å². The van der Waals surface area contributed by atoms with Gasteiger partial charge in [0.15, 0.2) is 5.96 Å². The molecule has 0 atom stereocenters. The minimum atomic E-state index is 0.744. The molecule has 0 amide bonds. The molecule has 0 radical (unpaired) electrons. The zero-order valence-electron chi connectivity index (χ0n) is 14.1. The Morgan fingerprint density at radius 2 is 2.18 bits per heavy atom. The highest BCUT2D eigenvalue weighted by atomic mass is 32.1. The summed E-state index contributed by atoms with van der Waals surface area (Å²) in [4.78, 5) is 11.3. The summed E-state index contributed by atoms with van der Waals surface area (Å²) in [6.45, 7) is 9.58. The highest BCUT2D eigenvalue weighted by Crippen LogP contribution is 2.19. The predicted molar refractivity (Wildman–Crippen MR) is 94.5 cm³/mol. The third kappa shape index (κ3) is 5.57. The van der Waals surface area contributed by atoms with Gasteiger partial charge in [-0.2, -0.15) is 0 Å². The molecule has 2 N–H and O–H groups in total. The Kier molecular flexibility index (Phi) is 7.12. The lowest BCUT2D eigenvalue weighted by Crippen LogP contribution is -2.42. The van der Waals surface area contributed by atoms with Crippen molar-refractivity contribution in [2.24, 2.45) is 10.9 Å². The SMILES string of the molecule is CCCNC(=NC)NCC1CCN(Cc2csc(C)n2)CC1. The molecule has 1 aliphatic heterocycles. The molecule has 1 aromatic rings. The summed E-state index contributed by atoms with van der Waals surface area (Å²) in [5, 5.41) is 10.1. The van der Waals surface area contributed by atoms with Crippen LogP contribution in [0.1, 0.15) is 36.9 Å². The molecular weight excluding hydrogens is 294 g/mol. The first kappa shape index (κ1) is 17.2. The van der Waals surface area contributed by atoms with Crippen LogP contribution >= 0.6 is 11.3 Å². The number of aliphatic imine (C=N–C) groups is 1. The smallest absolute Gasteiger partial charge is 0.190 e. The number of nitrogens with one attached hydrogen (secondary N) is 2. The van der Waals surface area contributed by atoms with Crippen molar-refractivity contribution in [3.8, 4) is 0 Å². The van der Waals surface area contributed by atoms with Crippen LogP contribution in [0.3, 0.4) is 0 Å². The summed E-state index contributed by atoms with van der Waals surface area (Å²) in [5.41, 5.74) is 1.23. The average Bonchev–Trinajstić information content (AvgIpc) is 2.94. The number of hydrogen-bond donors (Lipinski definition) is 2. The first-order valence-corrected chi connectivity index (χ1v) is 9.17. The van der Waals surface area contributed by atoms with E-state index in [0.29, 0.717) is 0 Å². The lowest BCUT2D eigenvalue weighted by molar-refractivity contribution is 0.176. The zero-order chi connectivity index (χ0) is 15.8. The van der Waals surface area contributed by atoms with Crippen LogP contribution < -0.4 is 10.6 Å². The van der Waals surface area contributed by atoms with E-state index in [0.717, 1.165) is 37.9 Å². The first-order valence-electron chi connectivity index (χ1n) is 8.29. The van der Waals surface area contributed by atoms with Gasteiger partial charge in [-0.25, -0.2) is 4.98 Å². The molecule has 6 heteroatoms. The van der Waals surface area contributed by atoms with Crippen LogP contribution in [-0.4, -0.2) is 49.1 Å². The molecular formula is C16H29N5S. The topological polar surface area (TPSA) is 52.6 Å². The fraction of sp³-hybridized carbons (Fsp3) is 0.750. The molecule has 2 rings (SSSR count). The van der Waals surface area contributed by atoms with Crippen molar-refractivity contribution in [3.63, 3.8) is 0 Å². The van der Waals surface area contributed by atoms with Gasteiger partial charge in [0.25, 0.3) is 0 Å². The van der Waals surface area contributed by atoms with Crippen LogP contribution in [0.5, 0.6) is 0 Å². The fourth-order valence-corrected chi connectivity index (χ4v) is 3.37. The predicted octanol–water partition coefficient (Wildman–Crippen LogP) is 2.24. The van der Waals surface area contributed by atoms with E-state index in [1.807, 2.05) is 7.05 Å². The Hall–Kier alpha value is -1.14. The molecule has 5 nitrogen and oxygen atoms in total. The van der Waals surface area contributed by atoms with E-state index in [-0.39, 0.29) is 0 Å². The van der Waals surface area contributed by atoms with Crippen LogP contribution in [0.15, 0.2) is 10.4 Å². The standard InChI is InChI=1S/C16H29N5S/c1-4-7-18-16(17-3)19-10-14-5-8-21(9-6-14)11-15-12-22-13(2)20-15/h12,14H,4-11H2,1-3H3,(H2,17,18,19). The maximum Gasteiger partial charge on any atom is 0.190 e. The van der Waals surface area contributed by atoms with Gasteiger partial charge in [-0.15, -0.1) is 11.3 Å². The van der Waals surface area contributed by atoms with Gasteiger partial charge in [0.2, 0.25) is 0 Å². The van der Waals surface area contributed by atoms with Crippen molar-refractivity contribution in [2.75, 3.05) is 33.2 Å². The van der Waals surface area contributed by atoms with E-state index in [9.17, 15) is 0 Å². The molecule has 1 fully saturated rings. The normalized spacial score (nSPS) is 17.7. The number of aromatic nitrogens is 1. The van der Waals surface area contributed by atoms with Crippen molar-refractivity contribution in [3.05, 3.63) is 16.1 Å². The summed E-state index contributed by atoms with van der Waals surface area (Å²) < 4.78 is 0. The zero-order valence-corrected chi connectivity index (χ0v) is 14.9. The van der Waals surface area contributed by atoms with E-state index in [4.69, 9.17) is 0 Å². The molecule has 1 saturated heterocycles. The number of aryl methyl sites for hydroxylation is 1. The van der Waals surface area contributed by atoms with Crippen LogP contribution in [0.4, 0.5) is 0 Å². The van der Waals surface area contributed by atoms with Gasteiger partial charge in [0, 0.05) is 32.1 Å². The molecule has 1 aliphatic rings. The lowest BCUT2D eigenvalue weighted by atomic mass is 9.97. The molecule has 1 aromatic heterocycles. The van der Waals surface area contributed by atoms with Crippen molar-refractivity contribution in [1.29, 1.82) is 0 Å². The molecule has 0 unspecified atom stereocenters. The maximum absolute atomic E-state index is 4.56. The minimum absolute atomic E-state index is 0.744. The second-order valence-electron chi connectivity index (χ2n) is 5.96. The van der Waals surface area contributed by atoms with Crippen LogP contribution in [0, 0.1) is 12.8 Å². The van der Waals surface area contributed by atoms with E-state index < -0.39 is 0 Å². The summed E-state index contributed by atoms with van der Waals surface area (Å²) in [7, 11) is 1.84. The Bertz CT molecular complexity index is 463.